The van der Waals surface area contributed by atoms with Crippen molar-refractivity contribution in [1.82, 2.24) is 10.6 Å². The fourth-order valence-corrected chi connectivity index (χ4v) is 4.31. The zero-order chi connectivity index (χ0) is 25.6. The molecule has 1 unspecified atom stereocenters. The Labute approximate surface area is 205 Å². The highest BCUT2D eigenvalue weighted by molar-refractivity contribution is 7.85. The molecular formula is C25H29N3O6S. The number of benzene rings is 2. The second-order valence-corrected chi connectivity index (χ2v) is 10.1. The first kappa shape index (κ1) is 26.1. The minimum atomic E-state index is -4.52. The van der Waals surface area contributed by atoms with Crippen LogP contribution in [0.1, 0.15) is 37.0 Å². The van der Waals surface area contributed by atoms with Crippen molar-refractivity contribution in [3.63, 3.8) is 0 Å². The molecule has 35 heavy (non-hydrogen) atoms. The summed E-state index contributed by atoms with van der Waals surface area (Å²) in [4.78, 5) is 39.4. The summed E-state index contributed by atoms with van der Waals surface area (Å²) in [6.07, 6.45) is 3.91. The SMILES string of the molecule is CC(C)C(=O)NC(CS(=O)(=O)O)C(=O)NCCC(=O)N1Cc2ccccc2/C=C\c2ccccc21. The van der Waals surface area contributed by atoms with Crippen LogP contribution >= 0.6 is 0 Å². The van der Waals surface area contributed by atoms with E-state index in [4.69, 9.17) is 4.55 Å². The van der Waals surface area contributed by atoms with Crippen molar-refractivity contribution < 1.29 is 27.4 Å². The Bertz CT molecular complexity index is 1240. The lowest BCUT2D eigenvalue weighted by molar-refractivity contribution is -0.130. The zero-order valence-electron chi connectivity index (χ0n) is 19.6. The van der Waals surface area contributed by atoms with E-state index in [0.29, 0.717) is 6.54 Å². The summed E-state index contributed by atoms with van der Waals surface area (Å²) in [6.45, 7) is 3.45. The number of hydrogen-bond donors (Lipinski definition) is 3. The lowest BCUT2D eigenvalue weighted by Crippen LogP contribution is -2.51. The van der Waals surface area contributed by atoms with Crippen molar-refractivity contribution >= 4 is 45.7 Å². The second kappa shape index (κ2) is 11.3. The number of hydrogen-bond acceptors (Lipinski definition) is 5. The number of carbonyl (C=O) groups is 3. The maximum Gasteiger partial charge on any atom is 0.267 e. The van der Waals surface area contributed by atoms with Gasteiger partial charge in [-0.05, 0) is 22.8 Å². The highest BCUT2D eigenvalue weighted by atomic mass is 32.2. The maximum absolute atomic E-state index is 13.2. The van der Waals surface area contributed by atoms with Crippen LogP contribution in [0.4, 0.5) is 5.69 Å². The van der Waals surface area contributed by atoms with Gasteiger partial charge in [0.25, 0.3) is 10.1 Å². The summed E-state index contributed by atoms with van der Waals surface area (Å²) in [5.41, 5.74) is 3.59. The molecule has 9 nitrogen and oxygen atoms in total. The molecule has 3 rings (SSSR count). The van der Waals surface area contributed by atoms with Crippen molar-refractivity contribution in [2.45, 2.75) is 32.9 Å². The average molecular weight is 500 g/mol. The first-order valence-electron chi connectivity index (χ1n) is 11.2. The Morgan fingerprint density at radius 1 is 0.971 bits per heavy atom. The Hall–Kier alpha value is -3.50. The molecule has 3 N–H and O–H groups in total. The number of amides is 3. The van der Waals surface area contributed by atoms with Crippen LogP contribution < -0.4 is 15.5 Å². The molecule has 0 saturated carbocycles. The smallest absolute Gasteiger partial charge is 0.267 e. The first-order chi connectivity index (χ1) is 16.5. The Kier molecular flexibility index (Phi) is 8.42. The molecule has 0 saturated heterocycles. The standard InChI is InChI=1S/C25H29N3O6S/c1-17(2)24(30)27-21(16-35(32,33)34)25(31)26-14-13-23(29)28-15-20-9-4-3-7-18(20)11-12-19-8-5-6-10-22(19)28/h3-12,17,21H,13-16H2,1-2H3,(H,26,31)(H,27,30)(H,32,33,34)/b12-11-. The summed E-state index contributed by atoms with van der Waals surface area (Å²) in [5.74, 6) is -3.02. The van der Waals surface area contributed by atoms with E-state index in [1.807, 2.05) is 60.7 Å². The van der Waals surface area contributed by atoms with Crippen LogP contribution in [-0.2, 0) is 31.0 Å². The molecule has 186 valence electrons. The van der Waals surface area contributed by atoms with Gasteiger partial charge in [-0.1, -0.05) is 68.5 Å². The van der Waals surface area contributed by atoms with Crippen LogP contribution in [0.3, 0.4) is 0 Å². The topological polar surface area (TPSA) is 133 Å². The highest BCUT2D eigenvalue weighted by Crippen LogP contribution is 2.29. The van der Waals surface area contributed by atoms with Gasteiger partial charge in [0.05, 0.1) is 12.2 Å². The van der Waals surface area contributed by atoms with Crippen LogP contribution in [0.15, 0.2) is 48.5 Å². The van der Waals surface area contributed by atoms with E-state index in [1.165, 1.54) is 0 Å². The van der Waals surface area contributed by atoms with Crippen LogP contribution in [0.5, 0.6) is 0 Å². The molecule has 0 aliphatic carbocycles. The van der Waals surface area contributed by atoms with Crippen molar-refractivity contribution in [2.24, 2.45) is 5.92 Å². The monoisotopic (exact) mass is 499 g/mol. The van der Waals surface area contributed by atoms with Crippen LogP contribution in [0.25, 0.3) is 12.2 Å². The molecule has 0 bridgehead atoms. The van der Waals surface area contributed by atoms with Gasteiger partial charge in [0, 0.05) is 18.9 Å². The molecule has 0 fully saturated rings. The Morgan fingerprint density at radius 2 is 1.60 bits per heavy atom. The van der Waals surface area contributed by atoms with Gasteiger partial charge in [-0.25, -0.2) is 0 Å². The molecule has 1 heterocycles. The summed E-state index contributed by atoms with van der Waals surface area (Å²) in [6, 6.07) is 13.8. The summed E-state index contributed by atoms with van der Waals surface area (Å²) in [5, 5.41) is 4.82. The first-order valence-corrected chi connectivity index (χ1v) is 12.8. The van der Waals surface area contributed by atoms with Crippen molar-refractivity contribution in [1.29, 1.82) is 0 Å². The zero-order valence-corrected chi connectivity index (χ0v) is 20.4. The number of para-hydroxylation sites is 1. The Morgan fingerprint density at radius 3 is 2.29 bits per heavy atom. The molecule has 0 aromatic heterocycles. The van der Waals surface area contributed by atoms with E-state index in [2.05, 4.69) is 10.6 Å². The number of nitrogens with zero attached hydrogens (tertiary/aromatic N) is 1. The number of anilines is 1. The fraction of sp³-hybridized carbons (Fsp3) is 0.320. The third-order valence-corrected chi connectivity index (χ3v) is 6.28. The van der Waals surface area contributed by atoms with E-state index in [1.54, 1.807) is 18.7 Å². The number of fused-ring (bicyclic) bond motifs is 2. The highest BCUT2D eigenvalue weighted by Gasteiger charge is 2.27. The summed E-state index contributed by atoms with van der Waals surface area (Å²) in [7, 11) is -4.52. The lowest BCUT2D eigenvalue weighted by Gasteiger charge is -2.27. The van der Waals surface area contributed by atoms with E-state index < -0.39 is 39.6 Å². The number of carbonyl (C=O) groups excluding carboxylic acids is 3. The van der Waals surface area contributed by atoms with Crippen molar-refractivity contribution in [2.75, 3.05) is 17.2 Å². The van der Waals surface area contributed by atoms with Gasteiger partial charge in [0.15, 0.2) is 0 Å². The molecule has 1 atom stereocenters. The maximum atomic E-state index is 13.2. The molecule has 0 spiro atoms. The molecule has 3 amide bonds. The molecule has 2 aromatic rings. The van der Waals surface area contributed by atoms with Gasteiger partial charge in [-0.2, -0.15) is 8.42 Å². The van der Waals surface area contributed by atoms with Gasteiger partial charge < -0.3 is 15.5 Å². The molecule has 0 radical (unpaired) electrons. The van der Waals surface area contributed by atoms with E-state index >= 15 is 0 Å². The third-order valence-electron chi connectivity index (χ3n) is 5.53. The van der Waals surface area contributed by atoms with Gasteiger partial charge in [-0.15, -0.1) is 0 Å². The quantitative estimate of drug-likeness (QED) is 0.477. The molecule has 10 heteroatoms. The van der Waals surface area contributed by atoms with Crippen LogP contribution in [0, 0.1) is 5.92 Å². The molecular weight excluding hydrogens is 470 g/mol. The Balaban J connectivity index is 1.71. The van der Waals surface area contributed by atoms with E-state index in [9.17, 15) is 22.8 Å². The van der Waals surface area contributed by atoms with Gasteiger partial charge >= 0.3 is 0 Å². The second-order valence-electron chi connectivity index (χ2n) is 8.58. The minimum Gasteiger partial charge on any atom is -0.354 e. The van der Waals surface area contributed by atoms with Crippen LogP contribution in [0.2, 0.25) is 0 Å². The molecule has 1 aliphatic rings. The van der Waals surface area contributed by atoms with Gasteiger partial charge in [-0.3, -0.25) is 18.9 Å². The lowest BCUT2D eigenvalue weighted by atomic mass is 10.0. The normalized spacial score (nSPS) is 14.7. The van der Waals surface area contributed by atoms with Crippen molar-refractivity contribution in [3.8, 4) is 0 Å². The van der Waals surface area contributed by atoms with E-state index in [-0.39, 0.29) is 18.9 Å². The summed E-state index contributed by atoms with van der Waals surface area (Å²) < 4.78 is 31.8. The third kappa shape index (κ3) is 7.24. The largest absolute Gasteiger partial charge is 0.354 e. The molecule has 1 aliphatic heterocycles. The summed E-state index contributed by atoms with van der Waals surface area (Å²) >= 11 is 0. The van der Waals surface area contributed by atoms with E-state index in [0.717, 1.165) is 22.4 Å². The van der Waals surface area contributed by atoms with Crippen LogP contribution in [-0.4, -0.2) is 49.0 Å². The molecule has 2 aromatic carbocycles. The minimum absolute atomic E-state index is 0.0529. The number of nitrogens with one attached hydrogen (secondary N) is 2. The van der Waals surface area contributed by atoms with Gasteiger partial charge in [0.2, 0.25) is 17.7 Å². The fourth-order valence-electron chi connectivity index (χ4n) is 3.66. The predicted molar refractivity (Wildman–Crippen MR) is 134 cm³/mol. The predicted octanol–water partition coefficient (Wildman–Crippen LogP) is 2.24. The van der Waals surface area contributed by atoms with Crippen molar-refractivity contribution in [3.05, 3.63) is 65.2 Å². The number of rotatable bonds is 8. The average Bonchev–Trinajstić information content (AvgIpc) is 2.79. The van der Waals surface area contributed by atoms with Gasteiger partial charge in [0.1, 0.15) is 11.8 Å².